The number of hydrogen-bond acceptors (Lipinski definition) is 3. The van der Waals surface area contributed by atoms with Crippen molar-refractivity contribution in [3.8, 4) is 0 Å². The van der Waals surface area contributed by atoms with Crippen LogP contribution in [0.4, 0.5) is 0 Å². The number of ketones is 2. The van der Waals surface area contributed by atoms with Gasteiger partial charge in [0.2, 0.25) is 11.6 Å². The molecule has 0 aliphatic heterocycles. The van der Waals surface area contributed by atoms with Crippen LogP contribution in [-0.4, -0.2) is 22.6 Å². The Balaban J connectivity index is 2.85. The van der Waals surface area contributed by atoms with E-state index in [0.29, 0.717) is 15.6 Å². The first kappa shape index (κ1) is 13.6. The van der Waals surface area contributed by atoms with Gasteiger partial charge in [-0.25, -0.2) is 0 Å². The fraction of sp³-hybridized carbons (Fsp3) is 0.250. The lowest BCUT2D eigenvalue weighted by molar-refractivity contribution is -0.138. The van der Waals surface area contributed by atoms with Crippen molar-refractivity contribution in [2.75, 3.05) is 0 Å². The SMILES string of the molecule is Cc1ccc(Br)cc1C(=O)C(=O)CCC(=O)O. The van der Waals surface area contributed by atoms with Crippen LogP contribution in [0.1, 0.15) is 28.8 Å². The molecule has 1 aromatic rings. The van der Waals surface area contributed by atoms with E-state index in [-0.39, 0.29) is 12.8 Å². The van der Waals surface area contributed by atoms with E-state index in [1.807, 2.05) is 0 Å². The fourth-order valence-electron chi connectivity index (χ4n) is 1.32. The van der Waals surface area contributed by atoms with E-state index in [1.165, 1.54) is 0 Å². The third kappa shape index (κ3) is 3.78. The average molecular weight is 299 g/mol. The Morgan fingerprint density at radius 2 is 1.88 bits per heavy atom. The smallest absolute Gasteiger partial charge is 0.303 e. The van der Waals surface area contributed by atoms with E-state index in [1.54, 1.807) is 25.1 Å². The third-order valence-electron chi connectivity index (χ3n) is 2.26. The van der Waals surface area contributed by atoms with Gasteiger partial charge < -0.3 is 5.11 Å². The standard InChI is InChI=1S/C12H11BrO4/c1-7-2-3-8(13)6-9(7)12(17)10(14)4-5-11(15)16/h2-3,6H,4-5H2,1H3,(H,15,16). The lowest BCUT2D eigenvalue weighted by atomic mass is 10.00. The summed E-state index contributed by atoms with van der Waals surface area (Å²) in [4.78, 5) is 33.6. The Morgan fingerprint density at radius 3 is 2.47 bits per heavy atom. The van der Waals surface area contributed by atoms with Crippen molar-refractivity contribution in [1.82, 2.24) is 0 Å². The molecular formula is C12H11BrO4. The summed E-state index contributed by atoms with van der Waals surface area (Å²) in [5.74, 6) is -2.39. The number of benzene rings is 1. The molecule has 17 heavy (non-hydrogen) atoms. The van der Waals surface area contributed by atoms with Crippen LogP contribution in [0.5, 0.6) is 0 Å². The van der Waals surface area contributed by atoms with Crippen molar-refractivity contribution in [2.24, 2.45) is 0 Å². The lowest BCUT2D eigenvalue weighted by Crippen LogP contribution is -2.16. The molecule has 0 heterocycles. The first-order valence-electron chi connectivity index (χ1n) is 4.97. The molecule has 0 saturated carbocycles. The monoisotopic (exact) mass is 298 g/mol. The number of carbonyl (C=O) groups is 3. The highest BCUT2D eigenvalue weighted by Gasteiger charge is 2.19. The lowest BCUT2D eigenvalue weighted by Gasteiger charge is -2.04. The van der Waals surface area contributed by atoms with Gasteiger partial charge in [0.05, 0.1) is 6.42 Å². The van der Waals surface area contributed by atoms with Crippen LogP contribution in [0, 0.1) is 6.92 Å². The largest absolute Gasteiger partial charge is 0.481 e. The first-order chi connectivity index (χ1) is 7.91. The van der Waals surface area contributed by atoms with Crippen LogP contribution in [0.3, 0.4) is 0 Å². The van der Waals surface area contributed by atoms with Gasteiger partial charge in [-0.1, -0.05) is 22.0 Å². The van der Waals surface area contributed by atoms with Gasteiger partial charge >= 0.3 is 5.97 Å². The molecule has 0 unspecified atom stereocenters. The molecule has 0 bridgehead atoms. The first-order valence-corrected chi connectivity index (χ1v) is 5.76. The Bertz CT molecular complexity index is 479. The predicted molar refractivity (Wildman–Crippen MR) is 65.1 cm³/mol. The van der Waals surface area contributed by atoms with Crippen LogP contribution in [-0.2, 0) is 9.59 Å². The molecule has 1 aromatic carbocycles. The summed E-state index contributed by atoms with van der Waals surface area (Å²) < 4.78 is 0.706. The van der Waals surface area contributed by atoms with Gasteiger partial charge in [0, 0.05) is 16.5 Å². The third-order valence-corrected chi connectivity index (χ3v) is 2.76. The van der Waals surface area contributed by atoms with E-state index in [0.717, 1.165) is 0 Å². The molecule has 0 aliphatic carbocycles. The van der Waals surface area contributed by atoms with Gasteiger partial charge in [0.15, 0.2) is 0 Å². The van der Waals surface area contributed by atoms with Crippen molar-refractivity contribution >= 4 is 33.5 Å². The number of aryl methyl sites for hydroxylation is 1. The average Bonchev–Trinajstić information content (AvgIpc) is 2.28. The van der Waals surface area contributed by atoms with Crippen LogP contribution in [0.25, 0.3) is 0 Å². The molecule has 5 heteroatoms. The van der Waals surface area contributed by atoms with Crippen molar-refractivity contribution in [3.05, 3.63) is 33.8 Å². The molecule has 0 spiro atoms. The normalized spacial score (nSPS) is 10.0. The van der Waals surface area contributed by atoms with Crippen molar-refractivity contribution in [3.63, 3.8) is 0 Å². The highest BCUT2D eigenvalue weighted by molar-refractivity contribution is 9.10. The second-order valence-electron chi connectivity index (χ2n) is 3.61. The number of rotatable bonds is 5. The molecule has 0 atom stereocenters. The van der Waals surface area contributed by atoms with Crippen molar-refractivity contribution in [1.29, 1.82) is 0 Å². The molecule has 0 saturated heterocycles. The second-order valence-corrected chi connectivity index (χ2v) is 4.52. The molecule has 0 radical (unpaired) electrons. The summed E-state index contributed by atoms with van der Waals surface area (Å²) in [6.07, 6.45) is -0.586. The number of Topliss-reactive ketones (excluding diaryl/α,β-unsaturated/α-hetero) is 2. The molecule has 1 N–H and O–H groups in total. The Morgan fingerprint density at radius 1 is 1.24 bits per heavy atom. The topological polar surface area (TPSA) is 71.4 Å². The summed E-state index contributed by atoms with van der Waals surface area (Å²) in [5, 5.41) is 8.44. The molecular weight excluding hydrogens is 288 g/mol. The maximum absolute atomic E-state index is 11.8. The number of carboxylic acids is 1. The van der Waals surface area contributed by atoms with Crippen LogP contribution in [0.15, 0.2) is 22.7 Å². The molecule has 0 amide bonds. The van der Waals surface area contributed by atoms with E-state index in [9.17, 15) is 14.4 Å². The maximum Gasteiger partial charge on any atom is 0.303 e. The van der Waals surface area contributed by atoms with Gasteiger partial charge in [-0.2, -0.15) is 0 Å². The van der Waals surface area contributed by atoms with Gasteiger partial charge in [-0.15, -0.1) is 0 Å². The van der Waals surface area contributed by atoms with Crippen LogP contribution in [0.2, 0.25) is 0 Å². The van der Waals surface area contributed by atoms with Crippen LogP contribution < -0.4 is 0 Å². The summed E-state index contributed by atoms with van der Waals surface area (Å²) in [5.41, 5.74) is 1.01. The summed E-state index contributed by atoms with van der Waals surface area (Å²) >= 11 is 3.22. The number of aliphatic carboxylic acids is 1. The molecule has 0 fully saturated rings. The summed E-state index contributed by atoms with van der Waals surface area (Å²) in [6.45, 7) is 1.73. The van der Waals surface area contributed by atoms with Gasteiger partial charge in [0.25, 0.3) is 0 Å². The summed E-state index contributed by atoms with van der Waals surface area (Å²) in [7, 11) is 0. The molecule has 4 nitrogen and oxygen atoms in total. The van der Waals surface area contributed by atoms with Crippen molar-refractivity contribution in [2.45, 2.75) is 19.8 Å². The van der Waals surface area contributed by atoms with Crippen molar-refractivity contribution < 1.29 is 19.5 Å². The van der Waals surface area contributed by atoms with Gasteiger partial charge in [-0.05, 0) is 24.6 Å². The van der Waals surface area contributed by atoms with Crippen LogP contribution >= 0.6 is 15.9 Å². The Labute approximate surface area is 107 Å². The number of carboxylic acid groups (broad SMARTS) is 1. The minimum Gasteiger partial charge on any atom is -0.481 e. The highest BCUT2D eigenvalue weighted by atomic mass is 79.9. The zero-order valence-electron chi connectivity index (χ0n) is 9.20. The summed E-state index contributed by atoms with van der Waals surface area (Å²) in [6, 6.07) is 5.06. The van der Waals surface area contributed by atoms with E-state index < -0.39 is 17.5 Å². The van der Waals surface area contributed by atoms with Gasteiger partial charge in [0.1, 0.15) is 0 Å². The second kappa shape index (κ2) is 5.72. The highest BCUT2D eigenvalue weighted by Crippen LogP contribution is 2.17. The molecule has 0 aliphatic rings. The Kier molecular flexibility index (Phi) is 4.57. The zero-order valence-corrected chi connectivity index (χ0v) is 10.8. The number of carbonyl (C=O) groups excluding carboxylic acids is 2. The zero-order chi connectivity index (χ0) is 13.0. The molecule has 0 aromatic heterocycles. The minimum atomic E-state index is -1.09. The quantitative estimate of drug-likeness (QED) is 0.669. The van der Waals surface area contributed by atoms with Gasteiger partial charge in [-0.3, -0.25) is 14.4 Å². The van der Waals surface area contributed by atoms with E-state index >= 15 is 0 Å². The fourth-order valence-corrected chi connectivity index (χ4v) is 1.68. The number of hydrogen-bond donors (Lipinski definition) is 1. The van der Waals surface area contributed by atoms with E-state index in [4.69, 9.17) is 5.11 Å². The Hall–Kier alpha value is -1.49. The maximum atomic E-state index is 11.8. The minimum absolute atomic E-state index is 0.264. The predicted octanol–water partition coefficient (Wildman–Crippen LogP) is 2.37. The number of halogens is 1. The van der Waals surface area contributed by atoms with E-state index in [2.05, 4.69) is 15.9 Å². The molecule has 1 rings (SSSR count). The molecule has 90 valence electrons.